The number of fused-ring (bicyclic) bond motifs is 3. The molecule has 1 aliphatic rings. The van der Waals surface area contributed by atoms with Gasteiger partial charge >= 0.3 is 0 Å². The van der Waals surface area contributed by atoms with E-state index in [0.717, 1.165) is 38.6 Å². The van der Waals surface area contributed by atoms with Crippen molar-refractivity contribution in [2.75, 3.05) is 11.9 Å². The maximum absolute atomic E-state index is 6.33. The fourth-order valence-corrected chi connectivity index (χ4v) is 5.88. The third-order valence-corrected chi connectivity index (χ3v) is 8.23. The molecule has 0 aliphatic carbocycles. The Morgan fingerprint density at radius 1 is 0.878 bits per heavy atom. The molecule has 0 unspecified atom stereocenters. The Kier molecular flexibility index (Phi) is 7.41. The van der Waals surface area contributed by atoms with Crippen molar-refractivity contribution in [3.05, 3.63) is 121 Å². The molecule has 6 aromatic rings. The van der Waals surface area contributed by atoms with Crippen LogP contribution < -0.4 is 9.64 Å². The van der Waals surface area contributed by atoms with Gasteiger partial charge in [0.15, 0.2) is 5.13 Å². The third-order valence-electron chi connectivity index (χ3n) is 6.95. The van der Waals surface area contributed by atoms with Gasteiger partial charge in [-0.3, -0.25) is 4.98 Å². The summed E-state index contributed by atoms with van der Waals surface area (Å²) in [7, 11) is 2.01. The van der Waals surface area contributed by atoms with Gasteiger partial charge in [0.25, 0.3) is 0 Å². The molecule has 3 aromatic carbocycles. The van der Waals surface area contributed by atoms with Crippen LogP contribution >= 0.6 is 11.3 Å². The van der Waals surface area contributed by atoms with E-state index in [9.17, 15) is 0 Å². The maximum Gasteiger partial charge on any atom is 0.192 e. The fourth-order valence-electron chi connectivity index (χ4n) is 4.94. The zero-order valence-electron chi connectivity index (χ0n) is 22.7. The Balaban J connectivity index is 0.00000302. The Labute approximate surface area is 257 Å². The average Bonchev–Trinajstić information content (AvgIpc) is 3.69. The molecule has 0 bridgehead atoms. The Hall–Kier alpha value is -3.93. The third kappa shape index (κ3) is 5.05. The first-order chi connectivity index (χ1) is 19.5. The number of pyridine rings is 1. The van der Waals surface area contributed by atoms with Gasteiger partial charge in [-0.2, -0.15) is 18.8 Å². The van der Waals surface area contributed by atoms with Crippen molar-refractivity contribution in [2.24, 2.45) is 0 Å². The predicted octanol–water partition coefficient (Wildman–Crippen LogP) is 8.02. The number of ether oxygens (including phenoxy) is 1. The van der Waals surface area contributed by atoms with Crippen LogP contribution in [-0.4, -0.2) is 26.5 Å². The van der Waals surface area contributed by atoms with Crippen LogP contribution in [0.5, 0.6) is 11.5 Å². The number of thiazole rings is 1. The molecule has 0 N–H and O–H groups in total. The van der Waals surface area contributed by atoms with Crippen molar-refractivity contribution in [1.29, 1.82) is 0 Å². The summed E-state index contributed by atoms with van der Waals surface area (Å²) in [6.07, 6.45) is 5.83. The second-order valence-corrected chi connectivity index (χ2v) is 11.0. The molecule has 0 saturated carbocycles. The fraction of sp³-hybridized carbons (Fsp3) is 0.121. The van der Waals surface area contributed by atoms with E-state index in [1.165, 1.54) is 10.3 Å². The van der Waals surface area contributed by atoms with Gasteiger partial charge in [-0.15, -0.1) is 52.7 Å². The monoisotopic (exact) mass is 735 g/mol. The van der Waals surface area contributed by atoms with Gasteiger partial charge in [0.2, 0.25) is 0 Å². The van der Waals surface area contributed by atoms with Gasteiger partial charge in [-0.1, -0.05) is 43.6 Å². The minimum atomic E-state index is 0. The molecular weight excluding hydrogens is 710 g/mol. The molecule has 0 amide bonds. The molecule has 4 heterocycles. The number of hydrogen-bond acceptors (Lipinski definition) is 6. The van der Waals surface area contributed by atoms with Crippen molar-refractivity contribution >= 4 is 44.5 Å². The summed E-state index contributed by atoms with van der Waals surface area (Å²) in [6, 6.07) is 31.2. The van der Waals surface area contributed by atoms with E-state index in [-0.39, 0.29) is 21.1 Å². The van der Waals surface area contributed by atoms with Crippen molar-refractivity contribution in [2.45, 2.75) is 19.8 Å². The van der Waals surface area contributed by atoms with E-state index in [2.05, 4.69) is 65.9 Å². The quantitative estimate of drug-likeness (QED) is 0.162. The van der Waals surface area contributed by atoms with Crippen LogP contribution in [0.2, 0.25) is 0 Å². The molecular formula is C33H26N5OPtS-3. The van der Waals surface area contributed by atoms with Crippen molar-refractivity contribution in [3.63, 3.8) is 0 Å². The molecule has 1 aliphatic heterocycles. The molecule has 0 spiro atoms. The molecule has 6 nitrogen and oxygen atoms in total. The zero-order valence-corrected chi connectivity index (χ0v) is 25.8. The first-order valence-electron chi connectivity index (χ1n) is 13.2. The molecule has 8 heteroatoms. The van der Waals surface area contributed by atoms with E-state index in [4.69, 9.17) is 9.72 Å². The number of hydrogen-bond donors (Lipinski definition) is 0. The number of nitrogens with zero attached hydrogens (tertiary/aromatic N) is 5. The van der Waals surface area contributed by atoms with Crippen LogP contribution in [0, 0.1) is 18.8 Å². The molecule has 208 valence electrons. The minimum Gasteiger partial charge on any atom is -0.509 e. The van der Waals surface area contributed by atoms with Crippen molar-refractivity contribution in [1.82, 2.24) is 19.4 Å². The summed E-state index contributed by atoms with van der Waals surface area (Å²) in [6.45, 7) is 6.40. The summed E-state index contributed by atoms with van der Waals surface area (Å²) in [5, 5.41) is 3.21. The number of anilines is 1. The minimum absolute atomic E-state index is 0. The molecule has 41 heavy (non-hydrogen) atoms. The van der Waals surface area contributed by atoms with Gasteiger partial charge in [0.05, 0.1) is 5.69 Å². The molecule has 7 rings (SSSR count). The van der Waals surface area contributed by atoms with Crippen LogP contribution in [0.4, 0.5) is 5.69 Å². The molecule has 3 aromatic heterocycles. The normalized spacial score (nSPS) is 13.2. The van der Waals surface area contributed by atoms with Crippen molar-refractivity contribution in [3.8, 4) is 16.6 Å². The Morgan fingerprint density at radius 2 is 1.71 bits per heavy atom. The van der Waals surface area contributed by atoms with E-state index in [0.29, 0.717) is 17.4 Å². The Morgan fingerprint density at radius 3 is 2.51 bits per heavy atom. The zero-order chi connectivity index (χ0) is 27.2. The molecule has 0 radical (unpaired) electrons. The first-order valence-corrected chi connectivity index (χ1v) is 14.0. The van der Waals surface area contributed by atoms with Crippen LogP contribution in [0.1, 0.15) is 30.3 Å². The maximum atomic E-state index is 6.33. The smallest absolute Gasteiger partial charge is 0.192 e. The summed E-state index contributed by atoms with van der Waals surface area (Å²) < 4.78 is 8.51. The van der Waals surface area contributed by atoms with Crippen LogP contribution in [0.25, 0.3) is 32.6 Å². The average molecular weight is 736 g/mol. The van der Waals surface area contributed by atoms with Gasteiger partial charge in [-0.05, 0) is 42.8 Å². The number of rotatable bonds is 6. The van der Waals surface area contributed by atoms with Crippen LogP contribution in [-0.2, 0) is 21.1 Å². The van der Waals surface area contributed by atoms with E-state index >= 15 is 0 Å². The first kappa shape index (κ1) is 27.2. The Bertz CT molecular complexity index is 1880. The standard InChI is InChI=1S/C33H26N5OS.Pt/c1-22(2)32-19-35-33(40-32)38-29-13-5-4-11-26(29)27-15-14-25(18-30(27)38)39-24-10-8-9-23(17-24)37-20-31(36(3)21-37)28-12-6-7-16-34-28;/h4-16,19-22H,1-3H3;/q-3;. The largest absolute Gasteiger partial charge is 0.509 e. The number of benzene rings is 3. The van der Waals surface area contributed by atoms with E-state index in [1.54, 1.807) is 17.5 Å². The van der Waals surface area contributed by atoms with Gasteiger partial charge < -0.3 is 19.1 Å². The van der Waals surface area contributed by atoms with Crippen LogP contribution in [0.3, 0.4) is 0 Å². The number of para-hydroxylation sites is 1. The SMILES string of the molecule is CC(C)c1cnc(-n2c3[c-]c(Oc4[c-]c(N5C=C(c6ccccn6)N(C)[CH-]5)ccc4)ccc3c3ccccc32)s1.[Pt]. The van der Waals surface area contributed by atoms with E-state index in [1.807, 2.05) is 78.4 Å². The molecule has 0 saturated heterocycles. The summed E-state index contributed by atoms with van der Waals surface area (Å²) >= 11 is 1.71. The van der Waals surface area contributed by atoms with Gasteiger partial charge in [0.1, 0.15) is 0 Å². The second kappa shape index (κ2) is 11.2. The molecule has 0 atom stereocenters. The van der Waals surface area contributed by atoms with Crippen molar-refractivity contribution < 1.29 is 25.8 Å². The molecule has 0 fully saturated rings. The summed E-state index contributed by atoms with van der Waals surface area (Å²) in [5.74, 6) is 1.66. The summed E-state index contributed by atoms with van der Waals surface area (Å²) in [4.78, 5) is 14.6. The van der Waals surface area contributed by atoms with Crippen LogP contribution in [0.15, 0.2) is 91.4 Å². The van der Waals surface area contributed by atoms with Gasteiger partial charge in [0, 0.05) is 61.0 Å². The predicted molar refractivity (Wildman–Crippen MR) is 161 cm³/mol. The summed E-state index contributed by atoms with van der Waals surface area (Å²) in [5.41, 5.74) is 4.84. The number of aromatic nitrogens is 3. The second-order valence-electron chi connectivity index (χ2n) is 10.0. The van der Waals surface area contributed by atoms with Gasteiger partial charge in [-0.25, -0.2) is 4.98 Å². The van der Waals surface area contributed by atoms with E-state index < -0.39 is 0 Å². The topological polar surface area (TPSA) is 46.4 Å².